The quantitative estimate of drug-likeness (QED) is 0.910. The lowest BCUT2D eigenvalue weighted by Crippen LogP contribution is -2.42. The minimum atomic E-state index is -0.333. The molecule has 1 atom stereocenters. The second-order valence-corrected chi connectivity index (χ2v) is 5.13. The van der Waals surface area contributed by atoms with Crippen LogP contribution in [-0.2, 0) is 4.79 Å². The number of halogens is 1. The number of hydrogen-bond acceptors (Lipinski definition) is 2. The van der Waals surface area contributed by atoms with Crippen molar-refractivity contribution in [1.29, 1.82) is 0 Å². The zero-order valence-electron chi connectivity index (χ0n) is 11.4. The highest BCUT2D eigenvalue weighted by Gasteiger charge is 2.22. The fourth-order valence-corrected chi connectivity index (χ4v) is 2.46. The van der Waals surface area contributed by atoms with E-state index in [0.29, 0.717) is 5.69 Å². The summed E-state index contributed by atoms with van der Waals surface area (Å²) in [4.78, 5) is 14.4. The van der Waals surface area contributed by atoms with Gasteiger partial charge in [0.05, 0.1) is 6.04 Å². The molecular weight excluding hydrogens is 243 g/mol. The topological polar surface area (TPSA) is 32.3 Å². The van der Waals surface area contributed by atoms with Crippen LogP contribution in [0.1, 0.15) is 32.6 Å². The van der Waals surface area contributed by atoms with Crippen molar-refractivity contribution in [2.24, 2.45) is 0 Å². The Labute approximate surface area is 113 Å². The van der Waals surface area contributed by atoms with E-state index in [1.165, 1.54) is 25.0 Å². The summed E-state index contributed by atoms with van der Waals surface area (Å²) in [5, 5.41) is 2.78. The third-order valence-corrected chi connectivity index (χ3v) is 3.66. The van der Waals surface area contributed by atoms with Crippen LogP contribution in [0.2, 0.25) is 0 Å². The number of rotatable bonds is 3. The maximum atomic E-state index is 13.1. The SMILES string of the molecule is CC(C(=O)Nc1cccc(F)c1)N1CCCCCC1. The summed E-state index contributed by atoms with van der Waals surface area (Å²) in [6.45, 7) is 3.86. The lowest BCUT2D eigenvalue weighted by Gasteiger charge is -2.26. The van der Waals surface area contributed by atoms with E-state index in [2.05, 4.69) is 10.2 Å². The molecule has 1 unspecified atom stereocenters. The molecule has 1 N–H and O–H groups in total. The Balaban J connectivity index is 1.94. The zero-order chi connectivity index (χ0) is 13.7. The van der Waals surface area contributed by atoms with Gasteiger partial charge in [-0.05, 0) is 51.1 Å². The van der Waals surface area contributed by atoms with Crippen LogP contribution < -0.4 is 5.32 Å². The lowest BCUT2D eigenvalue weighted by molar-refractivity contribution is -0.120. The van der Waals surface area contributed by atoms with Gasteiger partial charge in [-0.3, -0.25) is 9.69 Å². The second-order valence-electron chi connectivity index (χ2n) is 5.13. The van der Waals surface area contributed by atoms with E-state index < -0.39 is 0 Å². The van der Waals surface area contributed by atoms with E-state index in [1.54, 1.807) is 12.1 Å². The molecule has 0 spiro atoms. The number of amides is 1. The van der Waals surface area contributed by atoms with Crippen molar-refractivity contribution in [1.82, 2.24) is 4.90 Å². The number of carbonyl (C=O) groups excluding carboxylic acids is 1. The number of benzene rings is 1. The Morgan fingerprint density at radius 1 is 1.26 bits per heavy atom. The van der Waals surface area contributed by atoms with Crippen molar-refractivity contribution in [2.45, 2.75) is 38.6 Å². The number of likely N-dealkylation sites (tertiary alicyclic amines) is 1. The van der Waals surface area contributed by atoms with Gasteiger partial charge in [0, 0.05) is 5.69 Å². The molecule has 0 aliphatic carbocycles. The number of anilines is 1. The minimum absolute atomic E-state index is 0.0625. The third kappa shape index (κ3) is 4.03. The fraction of sp³-hybridized carbons (Fsp3) is 0.533. The minimum Gasteiger partial charge on any atom is -0.325 e. The van der Waals surface area contributed by atoms with Crippen molar-refractivity contribution >= 4 is 11.6 Å². The Morgan fingerprint density at radius 3 is 2.58 bits per heavy atom. The normalized spacial score (nSPS) is 18.6. The van der Waals surface area contributed by atoms with Gasteiger partial charge in [0.2, 0.25) is 5.91 Å². The fourth-order valence-electron chi connectivity index (χ4n) is 2.46. The summed E-state index contributed by atoms with van der Waals surface area (Å²) in [5.41, 5.74) is 0.520. The van der Waals surface area contributed by atoms with Gasteiger partial charge in [0.1, 0.15) is 5.82 Å². The van der Waals surface area contributed by atoms with Crippen LogP contribution in [-0.4, -0.2) is 29.9 Å². The molecule has 3 nitrogen and oxygen atoms in total. The molecule has 0 saturated carbocycles. The molecule has 1 saturated heterocycles. The van der Waals surface area contributed by atoms with Crippen LogP contribution in [0.15, 0.2) is 24.3 Å². The van der Waals surface area contributed by atoms with E-state index in [0.717, 1.165) is 25.9 Å². The predicted octanol–water partition coefficient (Wildman–Crippen LogP) is 3.03. The summed E-state index contributed by atoms with van der Waals surface area (Å²) in [7, 11) is 0. The zero-order valence-corrected chi connectivity index (χ0v) is 11.4. The molecular formula is C15H21FN2O. The molecule has 1 aliphatic rings. The van der Waals surface area contributed by atoms with Crippen molar-refractivity contribution < 1.29 is 9.18 Å². The molecule has 0 radical (unpaired) electrons. The number of hydrogen-bond donors (Lipinski definition) is 1. The average Bonchev–Trinajstić information content (AvgIpc) is 2.66. The van der Waals surface area contributed by atoms with Crippen LogP contribution >= 0.6 is 0 Å². The Hall–Kier alpha value is -1.42. The number of nitrogens with one attached hydrogen (secondary N) is 1. The maximum absolute atomic E-state index is 13.1. The van der Waals surface area contributed by atoms with Gasteiger partial charge in [-0.2, -0.15) is 0 Å². The van der Waals surface area contributed by atoms with Crippen LogP contribution in [0.5, 0.6) is 0 Å². The van der Waals surface area contributed by atoms with Gasteiger partial charge in [0.15, 0.2) is 0 Å². The summed E-state index contributed by atoms with van der Waals surface area (Å²) in [5.74, 6) is -0.396. The van der Waals surface area contributed by atoms with Crippen LogP contribution in [0.4, 0.5) is 10.1 Å². The van der Waals surface area contributed by atoms with E-state index in [4.69, 9.17) is 0 Å². The Morgan fingerprint density at radius 2 is 1.95 bits per heavy atom. The summed E-state index contributed by atoms with van der Waals surface area (Å²) >= 11 is 0. The smallest absolute Gasteiger partial charge is 0.241 e. The van der Waals surface area contributed by atoms with Gasteiger partial charge in [-0.25, -0.2) is 4.39 Å². The predicted molar refractivity (Wildman–Crippen MR) is 74.5 cm³/mol. The van der Waals surface area contributed by atoms with Gasteiger partial charge in [-0.15, -0.1) is 0 Å². The van der Waals surface area contributed by atoms with E-state index in [-0.39, 0.29) is 17.8 Å². The molecule has 0 bridgehead atoms. The molecule has 1 aromatic rings. The summed E-state index contributed by atoms with van der Waals surface area (Å²) < 4.78 is 13.1. The monoisotopic (exact) mass is 264 g/mol. The molecule has 1 heterocycles. The maximum Gasteiger partial charge on any atom is 0.241 e. The number of nitrogens with zero attached hydrogens (tertiary/aromatic N) is 1. The lowest BCUT2D eigenvalue weighted by atomic mass is 10.2. The van der Waals surface area contributed by atoms with Crippen molar-refractivity contribution in [2.75, 3.05) is 18.4 Å². The Kier molecular flexibility index (Phi) is 4.91. The molecule has 0 aromatic heterocycles. The third-order valence-electron chi connectivity index (χ3n) is 3.66. The van der Waals surface area contributed by atoms with Crippen molar-refractivity contribution in [3.63, 3.8) is 0 Å². The molecule has 1 amide bonds. The highest BCUT2D eigenvalue weighted by atomic mass is 19.1. The van der Waals surface area contributed by atoms with Crippen LogP contribution in [0.25, 0.3) is 0 Å². The van der Waals surface area contributed by atoms with Crippen LogP contribution in [0, 0.1) is 5.82 Å². The first-order chi connectivity index (χ1) is 9.16. The first kappa shape index (κ1) is 14.0. The highest BCUT2D eigenvalue weighted by Crippen LogP contribution is 2.15. The molecule has 1 aromatic carbocycles. The molecule has 104 valence electrons. The first-order valence-corrected chi connectivity index (χ1v) is 6.97. The van der Waals surface area contributed by atoms with Crippen LogP contribution in [0.3, 0.4) is 0 Å². The average molecular weight is 264 g/mol. The second kappa shape index (κ2) is 6.66. The van der Waals surface area contributed by atoms with E-state index in [1.807, 2.05) is 6.92 Å². The molecule has 1 aliphatic heterocycles. The molecule has 1 fully saturated rings. The van der Waals surface area contributed by atoms with E-state index >= 15 is 0 Å². The van der Waals surface area contributed by atoms with E-state index in [9.17, 15) is 9.18 Å². The van der Waals surface area contributed by atoms with Gasteiger partial charge in [0.25, 0.3) is 0 Å². The standard InChI is InChI=1S/C15H21FN2O/c1-12(18-9-4-2-3-5-10-18)15(19)17-14-8-6-7-13(16)11-14/h6-8,11-12H,2-5,9-10H2,1H3,(H,17,19). The largest absolute Gasteiger partial charge is 0.325 e. The number of carbonyl (C=O) groups is 1. The van der Waals surface area contributed by atoms with Gasteiger partial charge < -0.3 is 5.32 Å². The van der Waals surface area contributed by atoms with Crippen molar-refractivity contribution in [3.8, 4) is 0 Å². The summed E-state index contributed by atoms with van der Waals surface area (Å²) in [6, 6.07) is 5.85. The molecule has 2 rings (SSSR count). The highest BCUT2D eigenvalue weighted by molar-refractivity contribution is 5.94. The molecule has 19 heavy (non-hydrogen) atoms. The summed E-state index contributed by atoms with van der Waals surface area (Å²) in [6.07, 6.45) is 4.79. The van der Waals surface area contributed by atoms with Gasteiger partial charge >= 0.3 is 0 Å². The van der Waals surface area contributed by atoms with Crippen molar-refractivity contribution in [3.05, 3.63) is 30.1 Å². The molecule has 4 heteroatoms. The van der Waals surface area contributed by atoms with Gasteiger partial charge in [-0.1, -0.05) is 18.9 Å². The Bertz CT molecular complexity index is 428. The first-order valence-electron chi connectivity index (χ1n) is 6.97.